The Morgan fingerprint density at radius 3 is 2.55 bits per heavy atom. The standard InChI is InChI=1S/C22H33ClN2O3S/c1-5-16(3)17(4)25(19-9-10-19)22(26)18-8-11-20(23)21(13-18)29(27,28)24-12-6-7-15(2)14-24/h8,11,13,15-17,19H,5-7,9-10,12,14H2,1-4H3. The zero-order valence-corrected chi connectivity index (χ0v) is 19.5. The molecule has 1 aliphatic carbocycles. The molecular formula is C22H33ClN2O3S. The van der Waals surface area contributed by atoms with E-state index in [4.69, 9.17) is 11.6 Å². The van der Waals surface area contributed by atoms with Crippen LogP contribution in [0.25, 0.3) is 0 Å². The molecule has 1 aromatic carbocycles. The number of benzene rings is 1. The molecule has 0 bridgehead atoms. The Hall–Kier alpha value is -1.11. The van der Waals surface area contributed by atoms with Gasteiger partial charge in [-0.25, -0.2) is 8.42 Å². The van der Waals surface area contributed by atoms with Crippen LogP contribution in [0, 0.1) is 11.8 Å². The van der Waals surface area contributed by atoms with E-state index in [1.54, 1.807) is 12.1 Å². The van der Waals surface area contributed by atoms with Gasteiger partial charge in [-0.2, -0.15) is 4.31 Å². The fourth-order valence-electron chi connectivity index (χ4n) is 4.14. The van der Waals surface area contributed by atoms with E-state index in [2.05, 4.69) is 27.7 Å². The summed E-state index contributed by atoms with van der Waals surface area (Å²) >= 11 is 6.30. The average molecular weight is 441 g/mol. The zero-order valence-electron chi connectivity index (χ0n) is 17.9. The third-order valence-corrected chi connectivity index (χ3v) is 8.84. The van der Waals surface area contributed by atoms with E-state index in [1.807, 2.05) is 4.90 Å². The van der Waals surface area contributed by atoms with Gasteiger partial charge in [0.15, 0.2) is 0 Å². The highest BCUT2D eigenvalue weighted by atomic mass is 35.5. The van der Waals surface area contributed by atoms with E-state index in [0.29, 0.717) is 30.5 Å². The fraction of sp³-hybridized carbons (Fsp3) is 0.682. The predicted molar refractivity (Wildman–Crippen MR) is 117 cm³/mol. The summed E-state index contributed by atoms with van der Waals surface area (Å²) in [6.45, 7) is 9.43. The molecule has 162 valence electrons. The highest BCUT2D eigenvalue weighted by Crippen LogP contribution is 2.34. The average Bonchev–Trinajstić information content (AvgIpc) is 3.52. The second-order valence-corrected chi connectivity index (χ2v) is 11.1. The molecule has 5 nitrogen and oxygen atoms in total. The summed E-state index contributed by atoms with van der Waals surface area (Å²) in [5, 5.41) is 0.174. The van der Waals surface area contributed by atoms with E-state index in [-0.39, 0.29) is 27.9 Å². The predicted octanol–water partition coefficient (Wildman–Crippen LogP) is 4.80. The molecule has 3 atom stereocenters. The molecule has 1 aliphatic heterocycles. The summed E-state index contributed by atoms with van der Waals surface area (Å²) in [5.74, 6) is 0.606. The number of halogens is 1. The first-order chi connectivity index (χ1) is 13.7. The van der Waals surface area contributed by atoms with Crippen LogP contribution in [0.2, 0.25) is 5.02 Å². The fourth-order valence-corrected chi connectivity index (χ4v) is 6.24. The third-order valence-electron chi connectivity index (χ3n) is 6.50. The van der Waals surface area contributed by atoms with Crippen molar-refractivity contribution < 1.29 is 13.2 Å². The lowest BCUT2D eigenvalue weighted by molar-refractivity contribution is 0.0615. The Kier molecular flexibility index (Phi) is 6.96. The quantitative estimate of drug-likeness (QED) is 0.611. The molecule has 1 amide bonds. The summed E-state index contributed by atoms with van der Waals surface area (Å²) < 4.78 is 28.0. The molecule has 1 heterocycles. The van der Waals surface area contributed by atoms with Gasteiger partial charge < -0.3 is 4.90 Å². The van der Waals surface area contributed by atoms with Crippen LogP contribution < -0.4 is 0 Å². The number of piperidine rings is 1. The van der Waals surface area contributed by atoms with Gasteiger partial charge in [0.25, 0.3) is 5.91 Å². The maximum Gasteiger partial charge on any atom is 0.254 e. The van der Waals surface area contributed by atoms with Gasteiger partial charge in [0.1, 0.15) is 4.90 Å². The van der Waals surface area contributed by atoms with Crippen molar-refractivity contribution in [3.8, 4) is 0 Å². The lowest BCUT2D eigenvalue weighted by Gasteiger charge is -2.33. The molecule has 2 aliphatic rings. The van der Waals surface area contributed by atoms with Crippen LogP contribution in [0.1, 0.15) is 70.2 Å². The number of nitrogens with zero attached hydrogens (tertiary/aromatic N) is 2. The van der Waals surface area contributed by atoms with Crippen molar-refractivity contribution in [2.75, 3.05) is 13.1 Å². The van der Waals surface area contributed by atoms with E-state index in [9.17, 15) is 13.2 Å². The van der Waals surface area contributed by atoms with Gasteiger partial charge in [0.2, 0.25) is 10.0 Å². The van der Waals surface area contributed by atoms with Gasteiger partial charge in [-0.3, -0.25) is 4.79 Å². The van der Waals surface area contributed by atoms with Gasteiger partial charge >= 0.3 is 0 Å². The second kappa shape index (κ2) is 8.94. The summed E-state index contributed by atoms with van der Waals surface area (Å²) in [5.41, 5.74) is 0.403. The van der Waals surface area contributed by atoms with E-state index in [0.717, 1.165) is 32.1 Å². The summed E-state index contributed by atoms with van der Waals surface area (Å²) in [6, 6.07) is 5.05. The molecule has 1 saturated heterocycles. The number of carbonyl (C=O) groups is 1. The molecule has 2 fully saturated rings. The molecule has 3 unspecified atom stereocenters. The minimum atomic E-state index is -3.72. The first-order valence-electron chi connectivity index (χ1n) is 10.8. The number of hydrogen-bond donors (Lipinski definition) is 0. The van der Waals surface area contributed by atoms with Gasteiger partial charge in [-0.15, -0.1) is 0 Å². The first kappa shape index (κ1) is 22.6. The molecule has 0 radical (unpaired) electrons. The second-order valence-electron chi connectivity index (χ2n) is 8.83. The lowest BCUT2D eigenvalue weighted by Crippen LogP contribution is -2.43. The molecule has 0 N–H and O–H groups in total. The Morgan fingerprint density at radius 2 is 1.97 bits per heavy atom. The largest absolute Gasteiger partial charge is 0.333 e. The Balaban J connectivity index is 1.92. The van der Waals surface area contributed by atoms with Crippen molar-refractivity contribution in [1.29, 1.82) is 0 Å². The van der Waals surface area contributed by atoms with Crippen molar-refractivity contribution >= 4 is 27.5 Å². The highest BCUT2D eigenvalue weighted by molar-refractivity contribution is 7.89. The van der Waals surface area contributed by atoms with Crippen LogP contribution in [0.4, 0.5) is 0 Å². The van der Waals surface area contributed by atoms with E-state index < -0.39 is 10.0 Å². The van der Waals surface area contributed by atoms with Gasteiger partial charge in [-0.1, -0.05) is 38.8 Å². The molecule has 3 rings (SSSR count). The van der Waals surface area contributed by atoms with Crippen LogP contribution in [-0.4, -0.2) is 48.7 Å². The molecule has 1 saturated carbocycles. The monoisotopic (exact) mass is 440 g/mol. The zero-order chi connectivity index (χ0) is 21.3. The van der Waals surface area contributed by atoms with Crippen molar-refractivity contribution in [1.82, 2.24) is 9.21 Å². The Labute approximate surface area is 180 Å². The van der Waals surface area contributed by atoms with Gasteiger partial charge in [0.05, 0.1) is 5.02 Å². The van der Waals surface area contributed by atoms with Crippen LogP contribution in [0.5, 0.6) is 0 Å². The lowest BCUT2D eigenvalue weighted by atomic mass is 9.98. The van der Waals surface area contributed by atoms with Crippen molar-refractivity contribution in [2.45, 2.75) is 76.8 Å². The number of carbonyl (C=O) groups excluding carboxylic acids is 1. The minimum Gasteiger partial charge on any atom is -0.333 e. The number of sulfonamides is 1. The Morgan fingerprint density at radius 1 is 1.28 bits per heavy atom. The smallest absolute Gasteiger partial charge is 0.254 e. The van der Waals surface area contributed by atoms with Gasteiger partial charge in [-0.05, 0) is 62.6 Å². The topological polar surface area (TPSA) is 57.7 Å². The summed E-state index contributed by atoms with van der Waals surface area (Å²) in [7, 11) is -3.72. The maximum atomic E-state index is 13.4. The highest BCUT2D eigenvalue weighted by Gasteiger charge is 2.38. The Bertz CT molecular complexity index is 854. The summed E-state index contributed by atoms with van der Waals surface area (Å²) in [6.07, 6.45) is 4.89. The number of amides is 1. The molecular weight excluding hydrogens is 408 g/mol. The van der Waals surface area contributed by atoms with Crippen molar-refractivity contribution in [3.63, 3.8) is 0 Å². The van der Waals surface area contributed by atoms with Crippen LogP contribution in [0.15, 0.2) is 23.1 Å². The van der Waals surface area contributed by atoms with Crippen LogP contribution in [0.3, 0.4) is 0 Å². The van der Waals surface area contributed by atoms with Crippen molar-refractivity contribution in [3.05, 3.63) is 28.8 Å². The van der Waals surface area contributed by atoms with Crippen LogP contribution >= 0.6 is 11.6 Å². The SMILES string of the molecule is CCC(C)C(C)N(C(=O)c1ccc(Cl)c(S(=O)(=O)N2CCCC(C)C2)c1)C1CC1. The molecule has 29 heavy (non-hydrogen) atoms. The molecule has 1 aromatic rings. The maximum absolute atomic E-state index is 13.4. The molecule has 0 aromatic heterocycles. The summed E-state index contributed by atoms with van der Waals surface area (Å²) in [4.78, 5) is 15.4. The molecule has 0 spiro atoms. The van der Waals surface area contributed by atoms with Crippen LogP contribution in [-0.2, 0) is 10.0 Å². The first-order valence-corrected chi connectivity index (χ1v) is 12.6. The molecule has 7 heteroatoms. The van der Waals surface area contributed by atoms with Crippen molar-refractivity contribution in [2.24, 2.45) is 11.8 Å². The number of hydrogen-bond acceptors (Lipinski definition) is 3. The van der Waals surface area contributed by atoms with E-state index >= 15 is 0 Å². The normalized spacial score (nSPS) is 22.9. The van der Waals surface area contributed by atoms with Gasteiger partial charge in [0, 0.05) is 30.7 Å². The van der Waals surface area contributed by atoms with E-state index in [1.165, 1.54) is 10.4 Å². The number of rotatable bonds is 7. The minimum absolute atomic E-state index is 0.0473. The third kappa shape index (κ3) is 4.80.